The highest BCUT2D eigenvalue weighted by molar-refractivity contribution is 5.75. The third-order valence-electron chi connectivity index (χ3n) is 8.18. The van der Waals surface area contributed by atoms with Crippen LogP contribution in [0.1, 0.15) is 45.2 Å². The molecular formula is C29H33FN2O4. The minimum Gasteiger partial charge on any atom is -0.462 e. The average Bonchev–Trinajstić information content (AvgIpc) is 3.15. The molecule has 1 amide bonds. The molecule has 0 spiro atoms. The minimum atomic E-state index is -0.368. The van der Waals surface area contributed by atoms with E-state index in [1.807, 2.05) is 31.2 Å². The number of aromatic nitrogens is 1. The molecule has 1 N–H and O–H groups in total. The van der Waals surface area contributed by atoms with Gasteiger partial charge in [-0.1, -0.05) is 24.3 Å². The molecule has 5 rings (SSSR count). The third kappa shape index (κ3) is 5.01. The monoisotopic (exact) mass is 492 g/mol. The van der Waals surface area contributed by atoms with Crippen LogP contribution in [0.4, 0.5) is 9.18 Å². The third-order valence-corrected chi connectivity index (χ3v) is 8.18. The van der Waals surface area contributed by atoms with Crippen LogP contribution in [-0.4, -0.2) is 35.8 Å². The predicted molar refractivity (Wildman–Crippen MR) is 134 cm³/mol. The molecule has 0 unspecified atom stereocenters. The maximum Gasteiger partial charge on any atom is 0.407 e. The Balaban J connectivity index is 1.34. The van der Waals surface area contributed by atoms with Crippen molar-refractivity contribution >= 4 is 18.1 Å². The van der Waals surface area contributed by atoms with Crippen molar-refractivity contribution in [3.05, 3.63) is 60.2 Å². The maximum atomic E-state index is 13.6. The second kappa shape index (κ2) is 10.4. The topological polar surface area (TPSA) is 77.5 Å². The summed E-state index contributed by atoms with van der Waals surface area (Å²) in [6, 6.07) is 10.4. The van der Waals surface area contributed by atoms with E-state index in [1.54, 1.807) is 19.2 Å². The zero-order chi connectivity index (χ0) is 25.2. The molecule has 2 aromatic rings. The summed E-state index contributed by atoms with van der Waals surface area (Å²) in [6.45, 7) is 4.15. The highest BCUT2D eigenvalue weighted by Crippen LogP contribution is 2.53. The van der Waals surface area contributed by atoms with Crippen molar-refractivity contribution in [1.29, 1.82) is 0 Å². The normalized spacial score (nSPS) is 31.4. The fourth-order valence-corrected chi connectivity index (χ4v) is 6.64. The summed E-state index contributed by atoms with van der Waals surface area (Å²) in [5.41, 5.74) is 2.48. The van der Waals surface area contributed by atoms with Gasteiger partial charge in [-0.15, -0.1) is 0 Å². The van der Waals surface area contributed by atoms with E-state index in [4.69, 9.17) is 9.47 Å². The lowest BCUT2D eigenvalue weighted by Crippen LogP contribution is -2.48. The lowest BCUT2D eigenvalue weighted by molar-refractivity contribution is -0.144. The maximum absolute atomic E-state index is 13.6. The molecule has 1 aliphatic heterocycles. The van der Waals surface area contributed by atoms with Crippen LogP contribution < -0.4 is 5.32 Å². The van der Waals surface area contributed by atoms with Crippen molar-refractivity contribution in [2.24, 2.45) is 29.6 Å². The van der Waals surface area contributed by atoms with Crippen LogP contribution >= 0.6 is 0 Å². The van der Waals surface area contributed by atoms with Gasteiger partial charge in [-0.3, -0.25) is 9.78 Å². The number of allylic oxidation sites excluding steroid dienone is 1. The van der Waals surface area contributed by atoms with Crippen LogP contribution in [0.2, 0.25) is 0 Å². The van der Waals surface area contributed by atoms with Crippen molar-refractivity contribution in [2.45, 2.75) is 51.7 Å². The molecule has 0 radical (unpaired) electrons. The Hall–Kier alpha value is -3.22. The van der Waals surface area contributed by atoms with Gasteiger partial charge in [-0.05, 0) is 87.1 Å². The van der Waals surface area contributed by atoms with E-state index in [2.05, 4.69) is 16.4 Å². The number of fused-ring (bicyclic) bond motifs is 2. The van der Waals surface area contributed by atoms with Crippen molar-refractivity contribution in [1.82, 2.24) is 10.3 Å². The second-order valence-electron chi connectivity index (χ2n) is 10.3. The van der Waals surface area contributed by atoms with E-state index in [9.17, 15) is 14.0 Å². The van der Waals surface area contributed by atoms with Crippen LogP contribution in [0, 0.1) is 35.4 Å². The smallest absolute Gasteiger partial charge is 0.407 e. The SMILES string of the molecule is CCOC(=O)N[C@@H]1CC[C@@H]2[C@H](C1)C[C@H]1C(=O)O[C@H](C)[C@H]1[C@H]2C=Cc1ccc(-c2cccc(F)c2)cn1. The van der Waals surface area contributed by atoms with Crippen molar-refractivity contribution in [2.75, 3.05) is 6.61 Å². The molecule has 3 fully saturated rings. The number of carbonyl (C=O) groups excluding carboxylic acids is 2. The number of amides is 1. The van der Waals surface area contributed by atoms with E-state index in [0.717, 1.165) is 42.5 Å². The molecule has 2 heterocycles. The average molecular weight is 493 g/mol. The Labute approximate surface area is 211 Å². The summed E-state index contributed by atoms with van der Waals surface area (Å²) in [5.74, 6) is 0.629. The molecule has 36 heavy (non-hydrogen) atoms. The fraction of sp³-hybridized carbons (Fsp3) is 0.483. The molecular weight excluding hydrogens is 459 g/mol. The number of nitrogens with zero attached hydrogens (tertiary/aromatic N) is 1. The van der Waals surface area contributed by atoms with E-state index in [1.165, 1.54) is 12.1 Å². The Morgan fingerprint density at radius 1 is 1.22 bits per heavy atom. The standard InChI is InChI=1S/C29H33FN2O4/c1-3-35-29(34)32-23-10-11-24-20(14-23)15-26-27(17(2)36-28(26)33)25(24)12-9-22-8-7-19(16-31-22)18-5-4-6-21(30)13-18/h4-9,12-13,16-17,20,23-27H,3,10-11,14-15H2,1-2H3,(H,32,34)/t17-,20-,23-,24-,25+,26-,27+/m1/s1. The van der Waals surface area contributed by atoms with Gasteiger partial charge >= 0.3 is 12.1 Å². The first kappa shape index (κ1) is 24.5. The van der Waals surface area contributed by atoms with Crippen molar-refractivity contribution < 1.29 is 23.5 Å². The zero-order valence-electron chi connectivity index (χ0n) is 20.7. The minimum absolute atomic E-state index is 0.0679. The van der Waals surface area contributed by atoms with Gasteiger partial charge in [0.25, 0.3) is 0 Å². The largest absolute Gasteiger partial charge is 0.462 e. The molecule has 3 aliphatic rings. The highest BCUT2D eigenvalue weighted by Gasteiger charge is 2.54. The first-order valence-electron chi connectivity index (χ1n) is 13.0. The van der Waals surface area contributed by atoms with E-state index < -0.39 is 0 Å². The number of ether oxygens (including phenoxy) is 2. The van der Waals surface area contributed by atoms with Gasteiger partial charge in [0, 0.05) is 23.7 Å². The summed E-state index contributed by atoms with van der Waals surface area (Å²) < 4.78 is 24.3. The van der Waals surface area contributed by atoms with Crippen LogP contribution in [0.25, 0.3) is 17.2 Å². The number of halogens is 1. The highest BCUT2D eigenvalue weighted by atomic mass is 19.1. The van der Waals surface area contributed by atoms with Crippen molar-refractivity contribution in [3.8, 4) is 11.1 Å². The van der Waals surface area contributed by atoms with Gasteiger partial charge in [-0.2, -0.15) is 0 Å². The predicted octanol–water partition coefficient (Wildman–Crippen LogP) is 5.63. The number of rotatable bonds is 5. The molecule has 0 bridgehead atoms. The number of alkyl carbamates (subject to hydrolysis) is 1. The van der Waals surface area contributed by atoms with Gasteiger partial charge in [0.1, 0.15) is 11.9 Å². The number of pyridine rings is 1. The first-order chi connectivity index (χ1) is 17.4. The zero-order valence-corrected chi connectivity index (χ0v) is 20.7. The Bertz CT molecular complexity index is 1130. The summed E-state index contributed by atoms with van der Waals surface area (Å²) in [6.07, 6.45) is 9.07. The molecule has 6 nitrogen and oxygen atoms in total. The fourth-order valence-electron chi connectivity index (χ4n) is 6.64. The number of carbonyl (C=O) groups is 2. The lowest BCUT2D eigenvalue weighted by Gasteiger charge is -2.47. The number of benzene rings is 1. The number of hydrogen-bond acceptors (Lipinski definition) is 5. The van der Waals surface area contributed by atoms with Crippen molar-refractivity contribution in [3.63, 3.8) is 0 Å². The Kier molecular flexibility index (Phi) is 7.08. The molecule has 1 saturated heterocycles. The summed E-state index contributed by atoms with van der Waals surface area (Å²) in [4.78, 5) is 29.2. The van der Waals surface area contributed by atoms with Crippen LogP contribution in [-0.2, 0) is 14.3 Å². The molecule has 1 aromatic heterocycles. The molecule has 190 valence electrons. The summed E-state index contributed by atoms with van der Waals surface area (Å²) in [7, 11) is 0. The van der Waals surface area contributed by atoms with Crippen LogP contribution in [0.5, 0.6) is 0 Å². The van der Waals surface area contributed by atoms with Gasteiger partial charge in [0.15, 0.2) is 0 Å². The van der Waals surface area contributed by atoms with E-state index >= 15 is 0 Å². The molecule has 2 saturated carbocycles. The van der Waals surface area contributed by atoms with E-state index in [0.29, 0.717) is 18.4 Å². The van der Waals surface area contributed by atoms with Gasteiger partial charge in [-0.25, -0.2) is 9.18 Å². The summed E-state index contributed by atoms with van der Waals surface area (Å²) in [5, 5.41) is 3.00. The summed E-state index contributed by atoms with van der Waals surface area (Å²) >= 11 is 0. The number of cyclic esters (lactones) is 1. The molecule has 7 heteroatoms. The van der Waals surface area contributed by atoms with E-state index in [-0.39, 0.29) is 47.8 Å². The Morgan fingerprint density at radius 3 is 2.83 bits per heavy atom. The van der Waals surface area contributed by atoms with Crippen LogP contribution in [0.15, 0.2) is 48.7 Å². The molecule has 2 aliphatic carbocycles. The first-order valence-corrected chi connectivity index (χ1v) is 13.0. The number of nitrogens with one attached hydrogen (secondary N) is 1. The van der Waals surface area contributed by atoms with Gasteiger partial charge < -0.3 is 14.8 Å². The Morgan fingerprint density at radius 2 is 2.08 bits per heavy atom. The molecule has 1 aromatic carbocycles. The quantitative estimate of drug-likeness (QED) is 0.548. The van der Waals surface area contributed by atoms with Gasteiger partial charge in [0.2, 0.25) is 0 Å². The lowest BCUT2D eigenvalue weighted by atomic mass is 9.57. The molecule has 7 atom stereocenters. The second-order valence-corrected chi connectivity index (χ2v) is 10.3. The van der Waals surface area contributed by atoms with Crippen LogP contribution in [0.3, 0.4) is 0 Å². The number of esters is 1. The van der Waals surface area contributed by atoms with Gasteiger partial charge in [0.05, 0.1) is 18.2 Å². The number of hydrogen-bond donors (Lipinski definition) is 1.